The number of aromatic nitrogens is 3. The van der Waals surface area contributed by atoms with Gasteiger partial charge < -0.3 is 9.64 Å². The molecule has 0 spiro atoms. The van der Waals surface area contributed by atoms with E-state index in [0.29, 0.717) is 22.6 Å². The van der Waals surface area contributed by atoms with Crippen molar-refractivity contribution in [2.24, 2.45) is 5.92 Å². The molecule has 4 rings (SSSR count). The van der Waals surface area contributed by atoms with E-state index in [1.165, 1.54) is 17.6 Å². The number of hydrogen-bond acceptors (Lipinski definition) is 8. The molecule has 3 aromatic rings. The average Bonchev–Trinajstić information content (AvgIpc) is 3.18. The number of rotatable bonds is 7. The van der Waals surface area contributed by atoms with Crippen molar-refractivity contribution in [3.8, 4) is 15.6 Å². The van der Waals surface area contributed by atoms with Gasteiger partial charge in [-0.05, 0) is 55.4 Å². The van der Waals surface area contributed by atoms with Crippen molar-refractivity contribution in [3.05, 3.63) is 47.9 Å². The average molecular weight is 473 g/mol. The van der Waals surface area contributed by atoms with Gasteiger partial charge in [-0.15, -0.1) is 0 Å². The highest BCUT2D eigenvalue weighted by Gasteiger charge is 2.22. The van der Waals surface area contributed by atoms with E-state index >= 15 is 0 Å². The van der Waals surface area contributed by atoms with Crippen LogP contribution < -0.4 is 9.64 Å². The molecule has 0 bridgehead atoms. The number of piperidine rings is 1. The minimum atomic E-state index is -3.20. The number of thiazole rings is 1. The van der Waals surface area contributed by atoms with Crippen molar-refractivity contribution >= 4 is 27.1 Å². The Balaban J connectivity index is 1.32. The molecule has 170 valence electrons. The van der Waals surface area contributed by atoms with Crippen molar-refractivity contribution in [3.63, 3.8) is 0 Å². The van der Waals surface area contributed by atoms with Crippen LogP contribution in [0.2, 0.25) is 0 Å². The van der Waals surface area contributed by atoms with Crippen molar-refractivity contribution in [1.29, 1.82) is 0 Å². The molecule has 0 saturated carbocycles. The molecule has 32 heavy (non-hydrogen) atoms. The summed E-state index contributed by atoms with van der Waals surface area (Å²) in [6, 6.07) is 6.92. The molecule has 7 nitrogen and oxygen atoms in total. The molecule has 0 N–H and O–H groups in total. The first-order chi connectivity index (χ1) is 15.3. The predicted molar refractivity (Wildman–Crippen MR) is 127 cm³/mol. The summed E-state index contributed by atoms with van der Waals surface area (Å²) in [6.07, 6.45) is 8.05. The summed E-state index contributed by atoms with van der Waals surface area (Å²) in [7, 11) is -3.20. The SMILES string of the molecule is CCc1cnc(N2CCC(COc3nc(C)c(-c4ccc(S(C)(=O)=O)cc4)s3)CC2)nc1. The van der Waals surface area contributed by atoms with E-state index in [2.05, 4.69) is 26.8 Å². The van der Waals surface area contributed by atoms with Gasteiger partial charge in [0.25, 0.3) is 5.19 Å². The molecule has 1 saturated heterocycles. The lowest BCUT2D eigenvalue weighted by atomic mass is 9.98. The summed E-state index contributed by atoms with van der Waals surface area (Å²) in [6.45, 7) is 6.54. The molecule has 9 heteroatoms. The Labute approximate surface area is 193 Å². The van der Waals surface area contributed by atoms with E-state index in [9.17, 15) is 8.42 Å². The third kappa shape index (κ3) is 5.27. The van der Waals surface area contributed by atoms with Crippen LogP contribution in [0.4, 0.5) is 5.95 Å². The zero-order valence-electron chi connectivity index (χ0n) is 18.6. The van der Waals surface area contributed by atoms with Gasteiger partial charge in [0.2, 0.25) is 5.95 Å². The molecular formula is C23H28N4O3S2. The molecule has 0 amide bonds. The normalized spacial score (nSPS) is 15.2. The van der Waals surface area contributed by atoms with E-state index in [0.717, 1.165) is 60.0 Å². The monoisotopic (exact) mass is 472 g/mol. The summed E-state index contributed by atoms with van der Waals surface area (Å²) in [4.78, 5) is 17.1. The van der Waals surface area contributed by atoms with E-state index in [1.54, 1.807) is 12.1 Å². The summed E-state index contributed by atoms with van der Waals surface area (Å²) in [5.41, 5.74) is 2.99. The number of anilines is 1. The van der Waals surface area contributed by atoms with Crippen molar-refractivity contribution in [2.75, 3.05) is 30.9 Å². The molecule has 0 atom stereocenters. The maximum Gasteiger partial charge on any atom is 0.273 e. The Morgan fingerprint density at radius 1 is 1.12 bits per heavy atom. The highest BCUT2D eigenvalue weighted by Crippen LogP contribution is 2.35. The molecule has 0 radical (unpaired) electrons. The van der Waals surface area contributed by atoms with Gasteiger partial charge in [-0.1, -0.05) is 30.4 Å². The zero-order chi connectivity index (χ0) is 22.7. The van der Waals surface area contributed by atoms with Crippen LogP contribution in [0.5, 0.6) is 5.19 Å². The molecule has 0 aliphatic carbocycles. The van der Waals surface area contributed by atoms with Crippen LogP contribution in [-0.4, -0.2) is 49.3 Å². The number of hydrogen-bond donors (Lipinski definition) is 0. The highest BCUT2D eigenvalue weighted by molar-refractivity contribution is 7.90. The van der Waals surface area contributed by atoms with Crippen LogP contribution in [0.1, 0.15) is 31.0 Å². The molecule has 2 aromatic heterocycles. The Hall–Kier alpha value is -2.52. The van der Waals surface area contributed by atoms with Gasteiger partial charge in [0.15, 0.2) is 9.84 Å². The fourth-order valence-corrected chi connectivity index (χ4v) is 5.30. The fraction of sp³-hybridized carbons (Fsp3) is 0.435. The molecule has 0 unspecified atom stereocenters. The van der Waals surface area contributed by atoms with Crippen LogP contribution in [0.15, 0.2) is 41.6 Å². The molecule has 3 heterocycles. The van der Waals surface area contributed by atoms with Gasteiger partial charge in [0, 0.05) is 31.7 Å². The van der Waals surface area contributed by atoms with Crippen LogP contribution in [-0.2, 0) is 16.3 Å². The van der Waals surface area contributed by atoms with E-state index in [4.69, 9.17) is 4.74 Å². The smallest absolute Gasteiger partial charge is 0.273 e. The Morgan fingerprint density at radius 2 is 1.78 bits per heavy atom. The number of sulfone groups is 1. The molecule has 1 aliphatic rings. The van der Waals surface area contributed by atoms with Crippen molar-refractivity contribution < 1.29 is 13.2 Å². The number of aryl methyl sites for hydroxylation is 2. The summed E-state index contributed by atoms with van der Waals surface area (Å²) in [5, 5.41) is 0.658. The molecule has 1 aromatic carbocycles. The lowest BCUT2D eigenvalue weighted by Gasteiger charge is -2.31. The van der Waals surface area contributed by atoms with Crippen LogP contribution >= 0.6 is 11.3 Å². The fourth-order valence-electron chi connectivity index (χ4n) is 3.74. The van der Waals surface area contributed by atoms with Crippen LogP contribution in [0.25, 0.3) is 10.4 Å². The first-order valence-corrected chi connectivity index (χ1v) is 13.5. The summed E-state index contributed by atoms with van der Waals surface area (Å²) >= 11 is 1.50. The molecule has 1 aliphatic heterocycles. The number of nitrogens with zero attached hydrogens (tertiary/aromatic N) is 4. The highest BCUT2D eigenvalue weighted by atomic mass is 32.2. The largest absolute Gasteiger partial charge is 0.470 e. The Morgan fingerprint density at radius 3 is 2.38 bits per heavy atom. The maximum absolute atomic E-state index is 11.7. The summed E-state index contributed by atoms with van der Waals surface area (Å²) < 4.78 is 29.4. The Bertz CT molecular complexity index is 1150. The van der Waals surface area contributed by atoms with E-state index < -0.39 is 9.84 Å². The minimum absolute atomic E-state index is 0.318. The second-order valence-corrected chi connectivity index (χ2v) is 11.2. The quantitative estimate of drug-likeness (QED) is 0.510. The van der Waals surface area contributed by atoms with E-state index in [-0.39, 0.29) is 0 Å². The Kier molecular flexibility index (Phi) is 6.76. The zero-order valence-corrected chi connectivity index (χ0v) is 20.2. The third-order valence-corrected chi connectivity index (χ3v) is 8.01. The molecular weight excluding hydrogens is 444 g/mol. The van der Waals surface area contributed by atoms with Crippen LogP contribution in [0, 0.1) is 12.8 Å². The second-order valence-electron chi connectivity index (χ2n) is 8.18. The minimum Gasteiger partial charge on any atom is -0.470 e. The standard InChI is InChI=1S/C23H28N4O3S2/c1-4-17-13-24-22(25-14-17)27-11-9-18(10-12-27)15-30-23-26-16(2)21(31-23)19-5-7-20(8-6-19)32(3,28)29/h5-8,13-14,18H,4,9-12,15H2,1-3H3. The molecule has 1 fully saturated rings. The third-order valence-electron chi connectivity index (χ3n) is 5.76. The van der Waals surface area contributed by atoms with E-state index in [1.807, 2.05) is 31.5 Å². The topological polar surface area (TPSA) is 85.3 Å². The van der Waals surface area contributed by atoms with Gasteiger partial charge in [0.05, 0.1) is 22.1 Å². The second kappa shape index (κ2) is 9.54. The lowest BCUT2D eigenvalue weighted by Crippen LogP contribution is -2.36. The maximum atomic E-state index is 11.7. The van der Waals surface area contributed by atoms with Gasteiger partial charge >= 0.3 is 0 Å². The lowest BCUT2D eigenvalue weighted by molar-refractivity contribution is 0.221. The first-order valence-electron chi connectivity index (χ1n) is 10.8. The number of ether oxygens (including phenoxy) is 1. The van der Waals surface area contributed by atoms with Crippen molar-refractivity contribution in [1.82, 2.24) is 15.0 Å². The van der Waals surface area contributed by atoms with Crippen LogP contribution in [0.3, 0.4) is 0 Å². The van der Waals surface area contributed by atoms with Gasteiger partial charge in [-0.25, -0.2) is 23.4 Å². The van der Waals surface area contributed by atoms with Gasteiger partial charge in [0.1, 0.15) is 0 Å². The predicted octanol–water partition coefficient (Wildman–Crippen LogP) is 4.17. The van der Waals surface area contributed by atoms with Gasteiger partial charge in [-0.3, -0.25) is 0 Å². The van der Waals surface area contributed by atoms with Crippen molar-refractivity contribution in [2.45, 2.75) is 38.0 Å². The summed E-state index contributed by atoms with van der Waals surface area (Å²) in [5.74, 6) is 1.28. The first kappa shape index (κ1) is 22.7. The van der Waals surface area contributed by atoms with Gasteiger partial charge in [-0.2, -0.15) is 0 Å². The number of benzene rings is 1.